The molecule has 0 radical (unpaired) electrons. The van der Waals surface area contributed by atoms with Crippen LogP contribution in [-0.4, -0.2) is 102 Å². The molecule has 2 heterocycles. The summed E-state index contributed by atoms with van der Waals surface area (Å²) in [7, 11) is 3.95. The van der Waals surface area contributed by atoms with Crippen LogP contribution in [0.3, 0.4) is 0 Å². The van der Waals surface area contributed by atoms with E-state index in [1.165, 1.54) is 4.90 Å². The van der Waals surface area contributed by atoms with Gasteiger partial charge in [0, 0.05) is 44.5 Å². The van der Waals surface area contributed by atoms with Crippen molar-refractivity contribution in [1.82, 2.24) is 19.6 Å². The second-order valence-electron chi connectivity index (χ2n) is 8.75. The predicted octanol–water partition coefficient (Wildman–Crippen LogP) is 2.44. The lowest BCUT2D eigenvalue weighted by Crippen LogP contribution is -2.58. The largest absolute Gasteiger partial charge is 0.327 e. The standard InChI is InChI=1S/C20H38N4O2S/c1-16(2)7-10-24-19(26)23(14-13-21(4)5)18(25)20(24)8-11-22(12-9-20)17(3)15-27-6/h16-17H,7-15H2,1-6H3/t17-/m0/s1. The molecule has 3 amide bonds. The van der Waals surface area contributed by atoms with Gasteiger partial charge in [-0.2, -0.15) is 11.8 Å². The molecular weight excluding hydrogens is 360 g/mol. The van der Waals surface area contributed by atoms with E-state index in [0.29, 0.717) is 31.6 Å². The topological polar surface area (TPSA) is 47.1 Å². The Morgan fingerprint density at radius 1 is 1.11 bits per heavy atom. The van der Waals surface area contributed by atoms with Crippen LogP contribution in [-0.2, 0) is 4.79 Å². The van der Waals surface area contributed by atoms with Crippen molar-refractivity contribution >= 4 is 23.7 Å². The molecule has 2 fully saturated rings. The SMILES string of the molecule is CSC[C@H](C)N1CCC2(CC1)C(=O)N(CCN(C)C)C(=O)N2CCC(C)C. The number of urea groups is 1. The van der Waals surface area contributed by atoms with Crippen molar-refractivity contribution in [2.75, 3.05) is 58.8 Å². The molecule has 0 aromatic heterocycles. The van der Waals surface area contributed by atoms with Gasteiger partial charge in [-0.15, -0.1) is 0 Å². The summed E-state index contributed by atoms with van der Waals surface area (Å²) in [5.41, 5.74) is -0.617. The number of nitrogens with zero attached hydrogens (tertiary/aromatic N) is 4. The van der Waals surface area contributed by atoms with E-state index in [1.807, 2.05) is 35.7 Å². The van der Waals surface area contributed by atoms with Crippen molar-refractivity contribution in [3.05, 3.63) is 0 Å². The Morgan fingerprint density at radius 2 is 1.74 bits per heavy atom. The van der Waals surface area contributed by atoms with Gasteiger partial charge in [0.2, 0.25) is 0 Å². The molecular formula is C20H38N4O2S. The Balaban J connectivity index is 2.17. The van der Waals surface area contributed by atoms with Gasteiger partial charge in [0.1, 0.15) is 5.54 Å². The lowest BCUT2D eigenvalue weighted by Gasteiger charge is -2.44. The molecule has 2 saturated heterocycles. The van der Waals surface area contributed by atoms with Gasteiger partial charge in [-0.1, -0.05) is 13.8 Å². The fourth-order valence-electron chi connectivity index (χ4n) is 4.14. The first kappa shape index (κ1) is 22.5. The molecule has 1 atom stereocenters. The highest BCUT2D eigenvalue weighted by Gasteiger charge is 2.57. The average molecular weight is 399 g/mol. The van der Waals surface area contributed by atoms with Crippen LogP contribution in [0.1, 0.15) is 40.0 Å². The van der Waals surface area contributed by atoms with E-state index in [2.05, 4.69) is 31.9 Å². The number of carbonyl (C=O) groups is 2. The van der Waals surface area contributed by atoms with Gasteiger partial charge in [0.05, 0.1) is 0 Å². The molecule has 0 unspecified atom stereocenters. The molecule has 6 nitrogen and oxygen atoms in total. The van der Waals surface area contributed by atoms with Crippen molar-refractivity contribution < 1.29 is 9.59 Å². The van der Waals surface area contributed by atoms with Crippen LogP contribution in [0.2, 0.25) is 0 Å². The van der Waals surface area contributed by atoms with Crippen LogP contribution < -0.4 is 0 Å². The second-order valence-corrected chi connectivity index (χ2v) is 9.66. The van der Waals surface area contributed by atoms with E-state index in [-0.39, 0.29) is 11.9 Å². The molecule has 2 aliphatic rings. The molecule has 0 saturated carbocycles. The van der Waals surface area contributed by atoms with Gasteiger partial charge < -0.3 is 9.80 Å². The summed E-state index contributed by atoms with van der Waals surface area (Å²) in [6, 6.07) is 0.437. The highest BCUT2D eigenvalue weighted by molar-refractivity contribution is 7.98. The second kappa shape index (κ2) is 9.61. The van der Waals surface area contributed by atoms with Gasteiger partial charge in [-0.25, -0.2) is 4.79 Å². The minimum absolute atomic E-state index is 0.0373. The van der Waals surface area contributed by atoms with Crippen LogP contribution in [0.5, 0.6) is 0 Å². The summed E-state index contributed by atoms with van der Waals surface area (Å²) in [5, 5.41) is 0. The number of piperidine rings is 1. The first-order chi connectivity index (χ1) is 12.7. The molecule has 27 heavy (non-hydrogen) atoms. The Hall–Kier alpha value is -0.790. The third kappa shape index (κ3) is 4.98. The Labute approximate surface area is 169 Å². The molecule has 2 aliphatic heterocycles. The van der Waals surface area contributed by atoms with E-state index in [9.17, 15) is 9.59 Å². The molecule has 0 bridgehead atoms. The smallest absolute Gasteiger partial charge is 0.309 e. The van der Waals surface area contributed by atoms with Crippen LogP contribution >= 0.6 is 11.8 Å². The molecule has 156 valence electrons. The number of hydrogen-bond acceptors (Lipinski definition) is 5. The van der Waals surface area contributed by atoms with E-state index < -0.39 is 5.54 Å². The third-order valence-corrected chi connectivity index (χ3v) is 6.79. The first-order valence-electron chi connectivity index (χ1n) is 10.2. The molecule has 0 aliphatic carbocycles. The molecule has 0 aromatic carbocycles. The van der Waals surface area contributed by atoms with Crippen LogP contribution in [0.25, 0.3) is 0 Å². The summed E-state index contributed by atoms with van der Waals surface area (Å²) < 4.78 is 0. The zero-order chi connectivity index (χ0) is 20.2. The Kier molecular flexibility index (Phi) is 8.01. The first-order valence-corrected chi connectivity index (χ1v) is 11.6. The van der Waals surface area contributed by atoms with E-state index >= 15 is 0 Å². The highest BCUT2D eigenvalue weighted by atomic mass is 32.2. The number of amides is 3. The van der Waals surface area contributed by atoms with Gasteiger partial charge in [0.25, 0.3) is 5.91 Å². The number of hydrogen-bond donors (Lipinski definition) is 0. The van der Waals surface area contributed by atoms with Crippen molar-refractivity contribution in [2.24, 2.45) is 5.92 Å². The predicted molar refractivity (Wildman–Crippen MR) is 113 cm³/mol. The fraction of sp³-hybridized carbons (Fsp3) is 0.900. The Morgan fingerprint density at radius 3 is 2.26 bits per heavy atom. The fourth-order valence-corrected chi connectivity index (χ4v) is 4.83. The molecule has 0 aromatic rings. The molecule has 1 spiro atoms. The number of carbonyl (C=O) groups excluding carboxylic acids is 2. The number of rotatable bonds is 9. The monoisotopic (exact) mass is 398 g/mol. The zero-order valence-corrected chi connectivity index (χ0v) is 18.8. The molecule has 7 heteroatoms. The summed E-state index contributed by atoms with van der Waals surface area (Å²) in [4.78, 5) is 34.4. The van der Waals surface area contributed by atoms with Gasteiger partial charge in [-0.05, 0) is 52.5 Å². The van der Waals surface area contributed by atoms with Crippen molar-refractivity contribution in [1.29, 1.82) is 0 Å². The van der Waals surface area contributed by atoms with Gasteiger partial charge in [-0.3, -0.25) is 14.6 Å². The van der Waals surface area contributed by atoms with E-state index in [0.717, 1.165) is 38.1 Å². The molecule has 0 N–H and O–H groups in total. The van der Waals surface area contributed by atoms with E-state index in [1.54, 1.807) is 0 Å². The summed E-state index contributed by atoms with van der Waals surface area (Å²) in [6.07, 6.45) is 4.59. The number of thioether (sulfide) groups is 1. The maximum absolute atomic E-state index is 13.4. The summed E-state index contributed by atoms with van der Waals surface area (Å²) >= 11 is 1.86. The summed E-state index contributed by atoms with van der Waals surface area (Å²) in [5.74, 6) is 1.66. The van der Waals surface area contributed by atoms with Crippen LogP contribution in [0, 0.1) is 5.92 Å². The maximum atomic E-state index is 13.4. The van der Waals surface area contributed by atoms with E-state index in [4.69, 9.17) is 0 Å². The van der Waals surface area contributed by atoms with Gasteiger partial charge in [0.15, 0.2) is 0 Å². The third-order valence-electron chi connectivity index (χ3n) is 5.98. The maximum Gasteiger partial charge on any atom is 0.327 e. The van der Waals surface area contributed by atoms with Crippen LogP contribution in [0.15, 0.2) is 0 Å². The average Bonchev–Trinajstić information content (AvgIpc) is 2.79. The van der Waals surface area contributed by atoms with Crippen molar-refractivity contribution in [2.45, 2.75) is 51.6 Å². The summed E-state index contributed by atoms with van der Waals surface area (Å²) in [6.45, 7) is 10.3. The van der Waals surface area contributed by atoms with Crippen molar-refractivity contribution in [3.8, 4) is 0 Å². The minimum atomic E-state index is -0.617. The quantitative estimate of drug-likeness (QED) is 0.558. The number of likely N-dealkylation sites (tertiary alicyclic amines) is 1. The minimum Gasteiger partial charge on any atom is -0.309 e. The lowest BCUT2D eigenvalue weighted by molar-refractivity contribution is -0.136. The van der Waals surface area contributed by atoms with Gasteiger partial charge >= 0.3 is 6.03 Å². The van der Waals surface area contributed by atoms with Crippen LogP contribution in [0.4, 0.5) is 4.79 Å². The lowest BCUT2D eigenvalue weighted by atomic mass is 9.85. The molecule has 2 rings (SSSR count). The van der Waals surface area contributed by atoms with Crippen molar-refractivity contribution in [3.63, 3.8) is 0 Å². The number of imide groups is 1. The Bertz CT molecular complexity index is 518. The highest BCUT2D eigenvalue weighted by Crippen LogP contribution is 2.38. The normalized spacial score (nSPS) is 21.9. The zero-order valence-electron chi connectivity index (χ0n) is 18.0. The number of likely N-dealkylation sites (N-methyl/N-ethyl adjacent to an activating group) is 1.